The number of hydrogen-bond acceptors (Lipinski definition) is 6. The zero-order valence-corrected chi connectivity index (χ0v) is 26.7. The van der Waals surface area contributed by atoms with E-state index in [0.29, 0.717) is 17.4 Å². The number of phosphoric acid groups is 1. The molecule has 0 radical (unpaired) electrons. The van der Waals surface area contributed by atoms with E-state index < -0.39 is 20.0 Å². The number of aliphatic hydroxyl groups is 1. The normalized spacial score (nSPS) is 15.4. The fourth-order valence-electron chi connectivity index (χ4n) is 4.14. The molecule has 3 atom stereocenters. The second kappa shape index (κ2) is 23.9. The highest BCUT2D eigenvalue weighted by molar-refractivity contribution is 7.45. The lowest BCUT2D eigenvalue weighted by molar-refractivity contribution is -0.870. The molecule has 0 aromatic rings. The molecule has 0 heterocycles. The van der Waals surface area contributed by atoms with E-state index in [1.165, 1.54) is 64.2 Å². The number of nitrogens with one attached hydrogen (secondary N) is 1. The average Bonchev–Trinajstić information content (AvgIpc) is 2.86. The summed E-state index contributed by atoms with van der Waals surface area (Å²) in [7, 11) is 1.25. The largest absolute Gasteiger partial charge is 0.756 e. The number of likely N-dealkylation sites (N-methyl/N-ethyl adjacent to an activating group) is 1. The minimum atomic E-state index is -4.55. The standard InChI is InChI=1S/C30H61N2O6P/c1-6-8-10-12-13-14-15-16-17-18-19-20-22-24-30(34)31-28(29(33)23-21-11-9-7-2)27-38-39(35,36)37-26-25-32(3,4)5/h21,23,28-29,33H,6-20,22,24-27H2,1-5H3,(H-,31,34,35,36)/b23-21+. The molecule has 0 spiro atoms. The SMILES string of the molecule is CCCC/C=C/C(O)C(COP(=O)([O-])OCC[N+](C)(C)C)NC(=O)CCCCCCCCCCCCCCC. The lowest BCUT2D eigenvalue weighted by atomic mass is 10.0. The minimum absolute atomic E-state index is 0.000174. The summed E-state index contributed by atoms with van der Waals surface area (Å²) >= 11 is 0. The summed E-state index contributed by atoms with van der Waals surface area (Å²) in [6, 6.07) is -0.873. The smallest absolute Gasteiger partial charge is 0.268 e. The molecule has 1 amide bonds. The fourth-order valence-corrected chi connectivity index (χ4v) is 4.86. The van der Waals surface area contributed by atoms with Gasteiger partial charge in [-0.2, -0.15) is 0 Å². The van der Waals surface area contributed by atoms with Gasteiger partial charge in [-0.25, -0.2) is 0 Å². The number of aliphatic hydroxyl groups excluding tert-OH is 1. The first-order valence-electron chi connectivity index (χ1n) is 15.6. The lowest BCUT2D eigenvalue weighted by Gasteiger charge is -2.29. The number of carbonyl (C=O) groups excluding carboxylic acids is 1. The molecule has 0 aliphatic rings. The molecule has 2 N–H and O–H groups in total. The Morgan fingerprint density at radius 1 is 0.872 bits per heavy atom. The van der Waals surface area contributed by atoms with Crippen molar-refractivity contribution in [3.63, 3.8) is 0 Å². The van der Waals surface area contributed by atoms with Crippen LogP contribution in [0.25, 0.3) is 0 Å². The second-order valence-electron chi connectivity index (χ2n) is 11.8. The van der Waals surface area contributed by atoms with Gasteiger partial charge in [0.25, 0.3) is 7.82 Å². The number of rotatable bonds is 27. The zero-order valence-electron chi connectivity index (χ0n) is 25.8. The molecule has 0 saturated carbocycles. The van der Waals surface area contributed by atoms with E-state index in [1.54, 1.807) is 6.08 Å². The van der Waals surface area contributed by atoms with Crippen LogP contribution in [-0.4, -0.2) is 68.5 Å². The topological polar surface area (TPSA) is 108 Å². The minimum Gasteiger partial charge on any atom is -0.756 e. The van der Waals surface area contributed by atoms with Gasteiger partial charge >= 0.3 is 0 Å². The summed E-state index contributed by atoms with van der Waals surface area (Å²) in [6.07, 6.45) is 21.6. The molecule has 3 unspecified atom stereocenters. The third-order valence-electron chi connectivity index (χ3n) is 6.75. The van der Waals surface area contributed by atoms with Crippen LogP contribution in [0.2, 0.25) is 0 Å². The highest BCUT2D eigenvalue weighted by Gasteiger charge is 2.23. The summed E-state index contributed by atoms with van der Waals surface area (Å²) in [5.74, 6) is -0.209. The van der Waals surface area contributed by atoms with Gasteiger partial charge in [-0.1, -0.05) is 116 Å². The van der Waals surface area contributed by atoms with E-state index in [4.69, 9.17) is 9.05 Å². The number of carbonyl (C=O) groups is 1. The zero-order chi connectivity index (χ0) is 29.4. The van der Waals surface area contributed by atoms with Gasteiger partial charge < -0.3 is 28.8 Å². The molecule has 0 aromatic carbocycles. The molecule has 232 valence electrons. The van der Waals surface area contributed by atoms with Gasteiger partial charge in [0.2, 0.25) is 5.91 Å². The van der Waals surface area contributed by atoms with E-state index in [9.17, 15) is 19.4 Å². The Morgan fingerprint density at radius 3 is 1.90 bits per heavy atom. The van der Waals surface area contributed by atoms with Gasteiger partial charge in [-0.3, -0.25) is 9.36 Å². The summed E-state index contributed by atoms with van der Waals surface area (Å²) in [4.78, 5) is 24.8. The molecule has 0 saturated heterocycles. The van der Waals surface area contributed by atoms with E-state index in [0.717, 1.165) is 38.5 Å². The number of allylic oxidation sites excluding steroid dienone is 1. The van der Waals surface area contributed by atoms with Crippen molar-refractivity contribution in [3.05, 3.63) is 12.2 Å². The quantitative estimate of drug-likeness (QED) is 0.0517. The number of hydrogen-bond donors (Lipinski definition) is 2. The Morgan fingerprint density at radius 2 is 1.38 bits per heavy atom. The Bertz CT molecular complexity index is 668. The Kier molecular flexibility index (Phi) is 23.4. The maximum atomic E-state index is 12.6. The predicted molar refractivity (Wildman–Crippen MR) is 159 cm³/mol. The van der Waals surface area contributed by atoms with Gasteiger partial charge in [-0.05, 0) is 12.8 Å². The highest BCUT2D eigenvalue weighted by atomic mass is 31.2. The summed E-state index contributed by atoms with van der Waals surface area (Å²) in [5.41, 5.74) is 0. The third kappa shape index (κ3) is 25.9. The molecule has 8 nitrogen and oxygen atoms in total. The Balaban J connectivity index is 4.38. The third-order valence-corrected chi connectivity index (χ3v) is 7.71. The van der Waals surface area contributed by atoms with E-state index >= 15 is 0 Å². The van der Waals surface area contributed by atoms with E-state index in [2.05, 4.69) is 19.2 Å². The van der Waals surface area contributed by atoms with Gasteiger partial charge in [0.15, 0.2) is 0 Å². The molecule has 39 heavy (non-hydrogen) atoms. The van der Waals surface area contributed by atoms with Gasteiger partial charge in [0.1, 0.15) is 13.2 Å². The van der Waals surface area contributed by atoms with Crippen molar-refractivity contribution in [2.45, 2.75) is 135 Å². The highest BCUT2D eigenvalue weighted by Crippen LogP contribution is 2.38. The maximum absolute atomic E-state index is 12.6. The van der Waals surface area contributed by atoms with Gasteiger partial charge in [0, 0.05) is 6.42 Å². The monoisotopic (exact) mass is 576 g/mol. The number of phosphoric ester groups is 1. The van der Waals surface area contributed by atoms with Crippen LogP contribution >= 0.6 is 7.82 Å². The first-order chi connectivity index (χ1) is 18.5. The van der Waals surface area contributed by atoms with Crippen LogP contribution in [0.1, 0.15) is 123 Å². The number of nitrogens with zero attached hydrogens (tertiary/aromatic N) is 1. The lowest BCUT2D eigenvalue weighted by Crippen LogP contribution is -2.45. The van der Waals surface area contributed by atoms with Crippen molar-refractivity contribution in [2.24, 2.45) is 0 Å². The molecule has 0 aliphatic heterocycles. The van der Waals surface area contributed by atoms with Crippen molar-refractivity contribution in [1.82, 2.24) is 5.32 Å². The number of quaternary nitrogens is 1. The van der Waals surface area contributed by atoms with Crippen LogP contribution in [0.5, 0.6) is 0 Å². The first kappa shape index (κ1) is 38.2. The molecule has 0 aliphatic carbocycles. The molecule has 0 fully saturated rings. The van der Waals surface area contributed by atoms with Crippen LogP contribution in [0.3, 0.4) is 0 Å². The van der Waals surface area contributed by atoms with Crippen LogP contribution in [0.15, 0.2) is 12.2 Å². The van der Waals surface area contributed by atoms with Gasteiger partial charge in [-0.15, -0.1) is 0 Å². The van der Waals surface area contributed by atoms with E-state index in [-0.39, 0.29) is 19.1 Å². The summed E-state index contributed by atoms with van der Waals surface area (Å²) in [6.45, 7) is 4.45. The summed E-state index contributed by atoms with van der Waals surface area (Å²) < 4.78 is 22.8. The molecule has 0 aromatic heterocycles. The van der Waals surface area contributed by atoms with Crippen LogP contribution in [0, 0.1) is 0 Å². The van der Waals surface area contributed by atoms with Crippen molar-refractivity contribution < 1.29 is 32.9 Å². The van der Waals surface area contributed by atoms with Gasteiger partial charge in [0.05, 0.1) is 39.9 Å². The van der Waals surface area contributed by atoms with Crippen molar-refractivity contribution in [3.8, 4) is 0 Å². The van der Waals surface area contributed by atoms with Crippen molar-refractivity contribution in [1.29, 1.82) is 0 Å². The van der Waals surface area contributed by atoms with Crippen molar-refractivity contribution >= 4 is 13.7 Å². The fraction of sp³-hybridized carbons (Fsp3) is 0.900. The summed E-state index contributed by atoms with van der Waals surface area (Å²) in [5, 5.41) is 13.4. The molecule has 0 rings (SSSR count). The molecule has 0 bridgehead atoms. The number of amides is 1. The Labute approximate surface area is 240 Å². The average molecular weight is 577 g/mol. The van der Waals surface area contributed by atoms with Crippen LogP contribution < -0.4 is 10.2 Å². The van der Waals surface area contributed by atoms with Crippen LogP contribution in [-0.2, 0) is 18.4 Å². The van der Waals surface area contributed by atoms with Crippen molar-refractivity contribution in [2.75, 3.05) is 40.9 Å². The molecular weight excluding hydrogens is 515 g/mol. The first-order valence-corrected chi connectivity index (χ1v) is 17.0. The van der Waals surface area contributed by atoms with Crippen LogP contribution in [0.4, 0.5) is 0 Å². The molecule has 9 heteroatoms. The second-order valence-corrected chi connectivity index (χ2v) is 13.2. The number of unbranched alkanes of at least 4 members (excludes halogenated alkanes) is 14. The molecular formula is C30H61N2O6P. The predicted octanol–water partition coefficient (Wildman–Crippen LogP) is 6.27. The maximum Gasteiger partial charge on any atom is 0.268 e. The Hall–Kier alpha value is -0.760. The van der Waals surface area contributed by atoms with E-state index in [1.807, 2.05) is 27.2 Å².